The van der Waals surface area contributed by atoms with Gasteiger partial charge < -0.3 is 4.18 Å². The van der Waals surface area contributed by atoms with Crippen molar-refractivity contribution >= 4 is 15.9 Å². The Balaban J connectivity index is 1.76. The lowest BCUT2D eigenvalue weighted by atomic mass is 9.99. The number of aryl methyl sites for hydroxylation is 1. The predicted octanol–water partition coefficient (Wildman–Crippen LogP) is 5.12. The Labute approximate surface area is 165 Å². The number of carbonyl (C=O) groups is 1. The molecule has 0 aliphatic heterocycles. The topological polar surface area (TPSA) is 60.4 Å². The molecule has 0 saturated heterocycles. The van der Waals surface area contributed by atoms with Gasteiger partial charge in [0.2, 0.25) is 0 Å². The number of benzene rings is 3. The summed E-state index contributed by atoms with van der Waals surface area (Å²) in [6.45, 7) is 1.99. The molecule has 0 spiro atoms. The maximum atomic E-state index is 12.6. The smallest absolute Gasteiger partial charge is 0.376 e. The van der Waals surface area contributed by atoms with Crippen molar-refractivity contribution in [2.24, 2.45) is 0 Å². The Kier molecular flexibility index (Phi) is 5.48. The second-order valence-corrected chi connectivity index (χ2v) is 7.82. The van der Waals surface area contributed by atoms with Crippen LogP contribution in [0.4, 0.5) is 13.2 Å². The highest BCUT2D eigenvalue weighted by Gasteiger charge is 2.48. The lowest BCUT2D eigenvalue weighted by Gasteiger charge is -2.10. The van der Waals surface area contributed by atoms with Crippen molar-refractivity contribution in [3.8, 4) is 16.9 Å². The number of alkyl halides is 3. The molecule has 4 nitrogen and oxygen atoms in total. The first-order valence-corrected chi connectivity index (χ1v) is 9.80. The lowest BCUT2D eigenvalue weighted by molar-refractivity contribution is -0.0500. The average Bonchev–Trinajstić information content (AvgIpc) is 2.68. The molecule has 150 valence electrons. The standard InChI is InChI=1S/C21H15F3O4S/c1-14-2-4-15(5-3-14)16-6-8-17(9-7-16)20(25)18-10-12-19(13-11-18)28-29(26,27)21(22,23)24/h2-13H,1H3. The molecule has 29 heavy (non-hydrogen) atoms. The van der Waals surface area contributed by atoms with Crippen LogP contribution in [-0.2, 0) is 10.1 Å². The number of rotatable bonds is 5. The van der Waals surface area contributed by atoms with E-state index in [1.165, 1.54) is 12.1 Å². The molecule has 0 N–H and O–H groups in total. The van der Waals surface area contributed by atoms with Gasteiger partial charge in [0.05, 0.1) is 0 Å². The molecule has 0 radical (unpaired) electrons. The quantitative estimate of drug-likeness (QED) is 0.327. The summed E-state index contributed by atoms with van der Waals surface area (Å²) in [6.07, 6.45) is 0. The lowest BCUT2D eigenvalue weighted by Crippen LogP contribution is -2.28. The molecule has 3 rings (SSSR count). The Morgan fingerprint density at radius 3 is 1.62 bits per heavy atom. The monoisotopic (exact) mass is 420 g/mol. The van der Waals surface area contributed by atoms with Crippen LogP contribution in [0, 0.1) is 6.92 Å². The summed E-state index contributed by atoms with van der Waals surface area (Å²) in [5.74, 6) is -0.890. The molecule has 3 aromatic carbocycles. The van der Waals surface area contributed by atoms with Crippen LogP contribution in [0.1, 0.15) is 21.5 Å². The van der Waals surface area contributed by atoms with Crippen molar-refractivity contribution in [1.82, 2.24) is 0 Å². The average molecular weight is 420 g/mol. The van der Waals surface area contributed by atoms with Crippen LogP contribution in [0.25, 0.3) is 11.1 Å². The van der Waals surface area contributed by atoms with E-state index in [9.17, 15) is 26.4 Å². The molecule has 0 amide bonds. The normalized spacial score (nSPS) is 11.9. The zero-order valence-electron chi connectivity index (χ0n) is 15.1. The SMILES string of the molecule is Cc1ccc(-c2ccc(C(=O)c3ccc(OS(=O)(=O)C(F)(F)F)cc3)cc2)cc1. The predicted molar refractivity (Wildman–Crippen MR) is 102 cm³/mol. The zero-order valence-corrected chi connectivity index (χ0v) is 15.9. The third-order valence-electron chi connectivity index (χ3n) is 4.14. The zero-order chi connectivity index (χ0) is 21.2. The summed E-state index contributed by atoms with van der Waals surface area (Å²) in [7, 11) is -5.75. The fourth-order valence-electron chi connectivity index (χ4n) is 2.56. The van der Waals surface area contributed by atoms with Crippen molar-refractivity contribution in [1.29, 1.82) is 0 Å². The fourth-order valence-corrected chi connectivity index (χ4v) is 3.02. The van der Waals surface area contributed by atoms with Gasteiger partial charge in [-0.2, -0.15) is 21.6 Å². The van der Waals surface area contributed by atoms with E-state index in [0.29, 0.717) is 5.56 Å². The summed E-state index contributed by atoms with van der Waals surface area (Å²) < 4.78 is 63.1. The Morgan fingerprint density at radius 1 is 0.759 bits per heavy atom. The van der Waals surface area contributed by atoms with Crippen molar-refractivity contribution < 1.29 is 30.6 Å². The molecule has 0 saturated carbocycles. The second kappa shape index (κ2) is 7.71. The van der Waals surface area contributed by atoms with Crippen LogP contribution in [0.3, 0.4) is 0 Å². The minimum absolute atomic E-state index is 0.185. The van der Waals surface area contributed by atoms with Crippen molar-refractivity contribution in [2.45, 2.75) is 12.4 Å². The van der Waals surface area contributed by atoms with E-state index in [-0.39, 0.29) is 11.3 Å². The van der Waals surface area contributed by atoms with E-state index in [4.69, 9.17) is 0 Å². The van der Waals surface area contributed by atoms with Crippen molar-refractivity contribution in [3.63, 3.8) is 0 Å². The molecule has 0 atom stereocenters. The second-order valence-electron chi connectivity index (χ2n) is 6.28. The van der Waals surface area contributed by atoms with Gasteiger partial charge in [-0.05, 0) is 42.3 Å². The number of halogens is 3. The van der Waals surface area contributed by atoms with Crippen LogP contribution < -0.4 is 4.18 Å². The van der Waals surface area contributed by atoms with Crippen LogP contribution >= 0.6 is 0 Å². The molecular weight excluding hydrogens is 405 g/mol. The van der Waals surface area contributed by atoms with E-state index < -0.39 is 21.4 Å². The molecular formula is C21H15F3O4S. The highest BCUT2D eigenvalue weighted by molar-refractivity contribution is 7.88. The summed E-state index contributed by atoms with van der Waals surface area (Å²) in [4.78, 5) is 12.6. The van der Waals surface area contributed by atoms with E-state index >= 15 is 0 Å². The van der Waals surface area contributed by atoms with Gasteiger partial charge in [0, 0.05) is 11.1 Å². The van der Waals surface area contributed by atoms with E-state index in [2.05, 4.69) is 4.18 Å². The summed E-state index contributed by atoms with van der Waals surface area (Å²) in [6, 6.07) is 19.2. The van der Waals surface area contributed by atoms with Gasteiger partial charge >= 0.3 is 15.6 Å². The first kappa shape index (κ1) is 20.6. The molecule has 0 bridgehead atoms. The highest BCUT2D eigenvalue weighted by Crippen LogP contribution is 2.27. The molecule has 0 fully saturated rings. The Bertz CT molecular complexity index is 1120. The van der Waals surface area contributed by atoms with Crippen molar-refractivity contribution in [2.75, 3.05) is 0 Å². The molecule has 0 aromatic heterocycles. The minimum atomic E-state index is -5.75. The van der Waals surface area contributed by atoms with Crippen LogP contribution in [0.5, 0.6) is 5.75 Å². The number of hydrogen-bond acceptors (Lipinski definition) is 4. The number of hydrogen-bond donors (Lipinski definition) is 0. The maximum Gasteiger partial charge on any atom is 0.534 e. The number of carbonyl (C=O) groups excluding carboxylic acids is 1. The van der Waals surface area contributed by atoms with Gasteiger partial charge in [-0.1, -0.05) is 54.1 Å². The first-order valence-electron chi connectivity index (χ1n) is 8.39. The molecule has 0 aliphatic carbocycles. The largest absolute Gasteiger partial charge is 0.534 e. The van der Waals surface area contributed by atoms with Crippen LogP contribution in [-0.4, -0.2) is 19.7 Å². The Morgan fingerprint density at radius 2 is 1.17 bits per heavy atom. The van der Waals surface area contributed by atoms with Gasteiger partial charge in [-0.15, -0.1) is 0 Å². The summed E-state index contributed by atoms with van der Waals surface area (Å²) in [5, 5.41) is 0. The molecule has 0 heterocycles. The highest BCUT2D eigenvalue weighted by atomic mass is 32.2. The molecule has 0 aliphatic rings. The van der Waals surface area contributed by atoms with Crippen LogP contribution in [0.2, 0.25) is 0 Å². The van der Waals surface area contributed by atoms with Crippen LogP contribution in [0.15, 0.2) is 72.8 Å². The van der Waals surface area contributed by atoms with Gasteiger partial charge in [0.25, 0.3) is 0 Å². The summed E-state index contributed by atoms with van der Waals surface area (Å²) in [5.41, 5.74) is -1.89. The fraction of sp³-hybridized carbons (Fsp3) is 0.0952. The summed E-state index contributed by atoms with van der Waals surface area (Å²) >= 11 is 0. The molecule has 0 unspecified atom stereocenters. The molecule has 8 heteroatoms. The first-order chi connectivity index (χ1) is 13.6. The van der Waals surface area contributed by atoms with Gasteiger partial charge in [0.15, 0.2) is 5.78 Å². The maximum absolute atomic E-state index is 12.6. The number of ketones is 1. The third-order valence-corrected chi connectivity index (χ3v) is 5.12. The van der Waals surface area contributed by atoms with Gasteiger partial charge in [0.1, 0.15) is 5.75 Å². The van der Waals surface area contributed by atoms with E-state index in [1.54, 1.807) is 24.3 Å². The van der Waals surface area contributed by atoms with Crippen molar-refractivity contribution in [3.05, 3.63) is 89.5 Å². The minimum Gasteiger partial charge on any atom is -0.376 e. The van der Waals surface area contributed by atoms with Gasteiger partial charge in [-0.3, -0.25) is 4.79 Å². The third kappa shape index (κ3) is 4.65. The Hall–Kier alpha value is -3.13. The molecule has 3 aromatic rings. The van der Waals surface area contributed by atoms with E-state index in [0.717, 1.165) is 28.8 Å². The van der Waals surface area contributed by atoms with E-state index in [1.807, 2.05) is 31.2 Å². The van der Waals surface area contributed by atoms with Gasteiger partial charge in [-0.25, -0.2) is 0 Å².